The highest BCUT2D eigenvalue weighted by Crippen LogP contribution is 2.32. The van der Waals surface area contributed by atoms with E-state index >= 15 is 0 Å². The van der Waals surface area contributed by atoms with Gasteiger partial charge in [-0.25, -0.2) is 14.8 Å². The molecule has 1 saturated heterocycles. The number of nitrogens with zero attached hydrogens (tertiary/aromatic N) is 5. The number of hydrogen-bond donors (Lipinski definition) is 1. The van der Waals surface area contributed by atoms with Crippen LogP contribution in [-0.4, -0.2) is 54.0 Å². The highest BCUT2D eigenvalue weighted by Gasteiger charge is 2.33. The fraction of sp³-hybridized carbons (Fsp3) is 0.409. The molecule has 0 radical (unpaired) electrons. The van der Waals surface area contributed by atoms with Crippen LogP contribution in [0.2, 0.25) is 0 Å². The lowest BCUT2D eigenvalue weighted by Gasteiger charge is -2.15. The standard InChI is InChI=1S/C22H23N5O6S2/c1-11(2)7-26-20-16(18(29)24(3)21(26)31)15(19(30)27-8-12(28)10-33-27)14(34-20)9-25-13-5-4-6-23-17(13)35-22(25)32/h4-6,11-12,28H,7-10H2,1-3H3/t12-/m0/s1. The Bertz CT molecular complexity index is 1640. The summed E-state index contributed by atoms with van der Waals surface area (Å²) in [7, 11) is 1.38. The number of aliphatic hydroxyl groups is 1. The minimum absolute atomic E-state index is 0.0142. The number of amides is 1. The molecule has 4 aromatic heterocycles. The molecule has 1 amide bonds. The normalized spacial score (nSPS) is 16.3. The number of rotatable bonds is 5. The van der Waals surface area contributed by atoms with Gasteiger partial charge in [0.25, 0.3) is 11.5 Å². The molecule has 1 aliphatic rings. The Morgan fingerprint density at radius 2 is 2.03 bits per heavy atom. The molecule has 0 saturated carbocycles. The van der Waals surface area contributed by atoms with Gasteiger partial charge >= 0.3 is 10.6 Å². The number of hydroxylamine groups is 2. The minimum atomic E-state index is -0.844. The number of fused-ring (bicyclic) bond motifs is 2. The molecule has 1 aliphatic heterocycles. The maximum Gasteiger partial charge on any atom is 0.331 e. The van der Waals surface area contributed by atoms with Crippen molar-refractivity contribution in [3.05, 3.63) is 59.3 Å². The maximum absolute atomic E-state index is 13.6. The molecule has 0 aliphatic carbocycles. The molecule has 4 aromatic rings. The summed E-state index contributed by atoms with van der Waals surface area (Å²) in [6.07, 6.45) is 0.755. The number of pyridine rings is 1. The predicted molar refractivity (Wildman–Crippen MR) is 132 cm³/mol. The van der Waals surface area contributed by atoms with Gasteiger partial charge in [-0.15, -0.1) is 11.3 Å². The number of thiophene rings is 1. The van der Waals surface area contributed by atoms with Crippen molar-refractivity contribution in [3.63, 3.8) is 0 Å². The number of β-amino-alcohol motifs (C(OH)–C–C–N with tert-alkyl or cyclic N) is 1. The minimum Gasteiger partial charge on any atom is -0.389 e. The van der Waals surface area contributed by atoms with Gasteiger partial charge in [0, 0.05) is 24.7 Å². The number of thiazole rings is 1. The van der Waals surface area contributed by atoms with Crippen LogP contribution in [0.5, 0.6) is 0 Å². The van der Waals surface area contributed by atoms with Gasteiger partial charge in [0.2, 0.25) is 0 Å². The van der Waals surface area contributed by atoms with Crippen LogP contribution in [0.3, 0.4) is 0 Å². The number of aliphatic hydroxyl groups excluding tert-OH is 1. The van der Waals surface area contributed by atoms with Crippen molar-refractivity contribution in [1.29, 1.82) is 0 Å². The van der Waals surface area contributed by atoms with Gasteiger partial charge in [-0.1, -0.05) is 25.2 Å². The quantitative estimate of drug-likeness (QED) is 0.418. The molecule has 1 atom stereocenters. The van der Waals surface area contributed by atoms with Crippen LogP contribution in [0.15, 0.2) is 32.7 Å². The van der Waals surface area contributed by atoms with Gasteiger partial charge in [-0.3, -0.25) is 32.9 Å². The molecule has 1 N–H and O–H groups in total. The number of hydrogen-bond acceptors (Lipinski definition) is 9. The van der Waals surface area contributed by atoms with E-state index in [-0.39, 0.29) is 41.4 Å². The van der Waals surface area contributed by atoms with Crippen molar-refractivity contribution in [3.8, 4) is 0 Å². The lowest BCUT2D eigenvalue weighted by molar-refractivity contribution is -0.0778. The fourth-order valence-electron chi connectivity index (χ4n) is 4.17. The van der Waals surface area contributed by atoms with Gasteiger partial charge in [0.1, 0.15) is 22.4 Å². The van der Waals surface area contributed by atoms with Crippen LogP contribution in [0.25, 0.3) is 20.6 Å². The van der Waals surface area contributed by atoms with E-state index in [4.69, 9.17) is 4.84 Å². The Morgan fingerprint density at radius 1 is 1.26 bits per heavy atom. The SMILES string of the molecule is CC(C)Cn1c(=O)n(C)c(=O)c2c(C(=O)N3C[C@H](O)CO3)c(Cn3c(=O)sc4ncccc43)sc21. The summed E-state index contributed by atoms with van der Waals surface area (Å²) in [5.41, 5.74) is -0.385. The van der Waals surface area contributed by atoms with E-state index < -0.39 is 23.3 Å². The van der Waals surface area contributed by atoms with E-state index in [1.807, 2.05) is 13.8 Å². The van der Waals surface area contributed by atoms with Crippen molar-refractivity contribution in [1.82, 2.24) is 23.7 Å². The van der Waals surface area contributed by atoms with E-state index in [0.29, 0.717) is 26.6 Å². The second-order valence-corrected chi connectivity index (χ2v) is 10.9. The Kier molecular flexibility index (Phi) is 5.95. The molecule has 5 rings (SSSR count). The Balaban J connectivity index is 1.79. The van der Waals surface area contributed by atoms with E-state index in [9.17, 15) is 24.3 Å². The van der Waals surface area contributed by atoms with Crippen molar-refractivity contribution in [2.24, 2.45) is 13.0 Å². The lowest BCUT2D eigenvalue weighted by atomic mass is 10.1. The zero-order valence-electron chi connectivity index (χ0n) is 19.3. The molecule has 0 spiro atoms. The highest BCUT2D eigenvalue weighted by molar-refractivity contribution is 7.19. The first kappa shape index (κ1) is 23.6. The number of carbonyl (C=O) groups is 1. The largest absolute Gasteiger partial charge is 0.389 e. The fourth-order valence-corrected chi connectivity index (χ4v) is 6.28. The van der Waals surface area contributed by atoms with Crippen LogP contribution in [-0.2, 0) is 25.0 Å². The molecular weight excluding hydrogens is 494 g/mol. The van der Waals surface area contributed by atoms with Crippen molar-refractivity contribution >= 4 is 49.1 Å². The Labute approximate surface area is 206 Å². The molecular formula is C22H23N5O6S2. The van der Waals surface area contributed by atoms with Gasteiger partial charge in [-0.05, 0) is 18.1 Å². The summed E-state index contributed by atoms with van der Waals surface area (Å²) in [4.78, 5) is 63.4. The summed E-state index contributed by atoms with van der Waals surface area (Å²) in [5, 5.41) is 11.0. The first-order valence-electron chi connectivity index (χ1n) is 11.0. The van der Waals surface area contributed by atoms with Crippen LogP contribution >= 0.6 is 22.7 Å². The molecule has 0 aromatic carbocycles. The zero-order valence-corrected chi connectivity index (χ0v) is 20.9. The van der Waals surface area contributed by atoms with Crippen LogP contribution < -0.4 is 16.1 Å². The van der Waals surface area contributed by atoms with Gasteiger partial charge in [0.15, 0.2) is 0 Å². The molecule has 35 heavy (non-hydrogen) atoms. The van der Waals surface area contributed by atoms with Gasteiger partial charge in [0.05, 0.1) is 29.6 Å². The first-order chi connectivity index (χ1) is 16.7. The van der Waals surface area contributed by atoms with E-state index in [1.165, 1.54) is 16.2 Å². The molecule has 0 bridgehead atoms. The van der Waals surface area contributed by atoms with Crippen LogP contribution in [0.4, 0.5) is 0 Å². The Morgan fingerprint density at radius 3 is 2.71 bits per heavy atom. The Hall–Kier alpha value is -3.13. The molecule has 5 heterocycles. The predicted octanol–water partition coefficient (Wildman–Crippen LogP) is 0.986. The highest BCUT2D eigenvalue weighted by atomic mass is 32.1. The lowest BCUT2D eigenvalue weighted by Crippen LogP contribution is -2.39. The third kappa shape index (κ3) is 3.93. The van der Waals surface area contributed by atoms with Crippen molar-refractivity contribution in [2.45, 2.75) is 33.0 Å². The summed E-state index contributed by atoms with van der Waals surface area (Å²) in [6.45, 7) is 4.18. The zero-order chi connectivity index (χ0) is 25.0. The monoisotopic (exact) mass is 517 g/mol. The molecule has 184 valence electrons. The summed E-state index contributed by atoms with van der Waals surface area (Å²) >= 11 is 2.13. The van der Waals surface area contributed by atoms with Crippen LogP contribution in [0.1, 0.15) is 29.1 Å². The topological polar surface area (TPSA) is 129 Å². The third-order valence-electron chi connectivity index (χ3n) is 5.78. The summed E-state index contributed by atoms with van der Waals surface area (Å²) in [6, 6.07) is 3.49. The molecule has 11 nitrogen and oxygen atoms in total. The second kappa shape index (κ2) is 8.82. The van der Waals surface area contributed by atoms with Gasteiger partial charge < -0.3 is 5.11 Å². The van der Waals surface area contributed by atoms with E-state index in [0.717, 1.165) is 32.3 Å². The average Bonchev–Trinajstić information content (AvgIpc) is 3.50. The van der Waals surface area contributed by atoms with E-state index in [1.54, 1.807) is 18.3 Å². The number of aromatic nitrogens is 4. The second-order valence-electron chi connectivity index (χ2n) is 8.83. The van der Waals surface area contributed by atoms with Crippen LogP contribution in [0, 0.1) is 5.92 Å². The summed E-state index contributed by atoms with van der Waals surface area (Å²) < 4.78 is 4.00. The molecule has 13 heteroatoms. The summed E-state index contributed by atoms with van der Waals surface area (Å²) in [5.74, 6) is -0.495. The first-order valence-corrected chi connectivity index (χ1v) is 12.6. The molecule has 0 unspecified atom stereocenters. The number of carbonyl (C=O) groups excluding carboxylic acids is 1. The average molecular weight is 518 g/mol. The van der Waals surface area contributed by atoms with Gasteiger partial charge in [-0.2, -0.15) is 0 Å². The van der Waals surface area contributed by atoms with Crippen molar-refractivity contribution < 1.29 is 14.7 Å². The maximum atomic E-state index is 13.6. The third-order valence-corrected chi connectivity index (χ3v) is 7.88. The molecule has 1 fully saturated rings. The van der Waals surface area contributed by atoms with Crippen molar-refractivity contribution in [2.75, 3.05) is 13.2 Å². The smallest absolute Gasteiger partial charge is 0.331 e. The van der Waals surface area contributed by atoms with E-state index in [2.05, 4.69) is 4.98 Å².